The van der Waals surface area contributed by atoms with Crippen LogP contribution in [0.1, 0.15) is 15.9 Å². The Morgan fingerprint density at radius 1 is 1.10 bits per heavy atom. The average molecular weight is 271 g/mol. The van der Waals surface area contributed by atoms with Crippen molar-refractivity contribution in [2.75, 3.05) is 0 Å². The second kappa shape index (κ2) is 4.56. The molecule has 1 heterocycles. The summed E-state index contributed by atoms with van der Waals surface area (Å²) in [7, 11) is 0. The number of halogens is 2. The van der Waals surface area contributed by atoms with Gasteiger partial charge in [0.15, 0.2) is 17.9 Å². The van der Waals surface area contributed by atoms with Crippen molar-refractivity contribution >= 4 is 17.2 Å². The Balaban J connectivity index is 2.33. The highest BCUT2D eigenvalue weighted by atomic mass is 19.2. The lowest BCUT2D eigenvalue weighted by molar-refractivity contribution is 0.112. The molecule has 0 amide bonds. The Hall–Kier alpha value is -2.49. The van der Waals surface area contributed by atoms with Crippen molar-refractivity contribution in [2.24, 2.45) is 0 Å². The van der Waals surface area contributed by atoms with Crippen LogP contribution in [0.2, 0.25) is 0 Å². The van der Waals surface area contributed by atoms with Gasteiger partial charge in [-0.1, -0.05) is 18.2 Å². The van der Waals surface area contributed by atoms with Gasteiger partial charge in [-0.05, 0) is 30.7 Å². The zero-order valence-corrected chi connectivity index (χ0v) is 10.7. The van der Waals surface area contributed by atoms with E-state index in [4.69, 9.17) is 0 Å². The molecule has 20 heavy (non-hydrogen) atoms. The van der Waals surface area contributed by atoms with Gasteiger partial charge in [0.25, 0.3) is 0 Å². The number of aryl methyl sites for hydroxylation is 1. The van der Waals surface area contributed by atoms with Crippen LogP contribution in [-0.2, 0) is 0 Å². The molecule has 2 nitrogen and oxygen atoms in total. The minimum atomic E-state index is -0.935. The minimum absolute atomic E-state index is 0.446. The summed E-state index contributed by atoms with van der Waals surface area (Å²) in [6.45, 7) is 1.92. The maximum Gasteiger partial charge on any atom is 0.159 e. The third-order valence-corrected chi connectivity index (χ3v) is 3.41. The van der Waals surface area contributed by atoms with Gasteiger partial charge in [-0.3, -0.25) is 4.79 Å². The number of fused-ring (bicyclic) bond motifs is 1. The van der Waals surface area contributed by atoms with E-state index in [1.165, 1.54) is 6.07 Å². The van der Waals surface area contributed by atoms with Crippen LogP contribution in [0.5, 0.6) is 0 Å². The molecule has 0 atom stereocenters. The van der Waals surface area contributed by atoms with Crippen molar-refractivity contribution in [2.45, 2.75) is 6.92 Å². The molecule has 3 aromatic rings. The molecule has 0 aliphatic carbocycles. The van der Waals surface area contributed by atoms with E-state index < -0.39 is 11.6 Å². The standard InChI is InChI=1S/C16H11F2NO/c1-9-3-2-4-11-12(8-20)16(19-15(9)11)10-5-6-13(17)14(18)7-10/h2-8,19H,1H3. The van der Waals surface area contributed by atoms with Crippen LogP contribution in [0.15, 0.2) is 36.4 Å². The fourth-order valence-electron chi connectivity index (χ4n) is 2.39. The van der Waals surface area contributed by atoms with E-state index in [0.29, 0.717) is 16.8 Å². The zero-order chi connectivity index (χ0) is 14.3. The average Bonchev–Trinajstić information content (AvgIpc) is 2.82. The third kappa shape index (κ3) is 1.81. The van der Waals surface area contributed by atoms with Gasteiger partial charge in [-0.25, -0.2) is 8.78 Å². The largest absolute Gasteiger partial charge is 0.354 e. The Morgan fingerprint density at radius 3 is 2.60 bits per heavy atom. The van der Waals surface area contributed by atoms with Crippen molar-refractivity contribution in [1.29, 1.82) is 0 Å². The monoisotopic (exact) mass is 271 g/mol. The fourth-order valence-corrected chi connectivity index (χ4v) is 2.39. The number of aldehydes is 1. The molecule has 2 aromatic carbocycles. The Bertz CT molecular complexity index is 821. The molecule has 1 aromatic heterocycles. The molecule has 0 fully saturated rings. The smallest absolute Gasteiger partial charge is 0.159 e. The van der Waals surface area contributed by atoms with Gasteiger partial charge in [0, 0.05) is 22.0 Å². The summed E-state index contributed by atoms with van der Waals surface area (Å²) in [5.41, 5.74) is 3.22. The number of para-hydroxylation sites is 1. The lowest BCUT2D eigenvalue weighted by Gasteiger charge is -2.01. The van der Waals surface area contributed by atoms with Gasteiger partial charge in [0.1, 0.15) is 0 Å². The SMILES string of the molecule is Cc1cccc2c(C=O)c(-c3ccc(F)c(F)c3)[nH]c12. The van der Waals surface area contributed by atoms with Gasteiger partial charge in [0.2, 0.25) is 0 Å². The van der Waals surface area contributed by atoms with Crippen LogP contribution in [-0.4, -0.2) is 11.3 Å². The molecule has 0 bridgehead atoms. The normalized spacial score (nSPS) is 10.9. The molecule has 100 valence electrons. The van der Waals surface area contributed by atoms with E-state index in [-0.39, 0.29) is 0 Å². The van der Waals surface area contributed by atoms with E-state index in [1.54, 1.807) is 0 Å². The predicted octanol–water partition coefficient (Wildman–Crippen LogP) is 4.23. The number of H-pyrrole nitrogens is 1. The molecule has 0 saturated carbocycles. The number of carbonyl (C=O) groups excluding carboxylic acids is 1. The Labute approximate surface area is 114 Å². The van der Waals surface area contributed by atoms with E-state index in [1.807, 2.05) is 25.1 Å². The Kier molecular flexibility index (Phi) is 2.86. The van der Waals surface area contributed by atoms with Crippen molar-refractivity contribution < 1.29 is 13.6 Å². The van der Waals surface area contributed by atoms with Gasteiger partial charge >= 0.3 is 0 Å². The second-order valence-corrected chi connectivity index (χ2v) is 4.66. The molecule has 0 aliphatic rings. The number of aromatic amines is 1. The molecule has 3 rings (SSSR count). The molecule has 0 aliphatic heterocycles. The first-order valence-electron chi connectivity index (χ1n) is 6.13. The molecule has 0 radical (unpaired) electrons. The van der Waals surface area contributed by atoms with Gasteiger partial charge in [-0.15, -0.1) is 0 Å². The molecular formula is C16H11F2NO. The third-order valence-electron chi connectivity index (χ3n) is 3.41. The van der Waals surface area contributed by atoms with E-state index in [0.717, 1.165) is 34.9 Å². The fraction of sp³-hybridized carbons (Fsp3) is 0.0625. The van der Waals surface area contributed by atoms with E-state index in [9.17, 15) is 13.6 Å². The number of hydrogen-bond acceptors (Lipinski definition) is 1. The van der Waals surface area contributed by atoms with Crippen molar-refractivity contribution in [3.63, 3.8) is 0 Å². The predicted molar refractivity (Wildman–Crippen MR) is 73.8 cm³/mol. The zero-order valence-electron chi connectivity index (χ0n) is 10.7. The highest BCUT2D eigenvalue weighted by Gasteiger charge is 2.15. The topological polar surface area (TPSA) is 32.9 Å². The summed E-state index contributed by atoms with van der Waals surface area (Å²) >= 11 is 0. The quantitative estimate of drug-likeness (QED) is 0.695. The molecular weight excluding hydrogens is 260 g/mol. The number of hydrogen-bond donors (Lipinski definition) is 1. The summed E-state index contributed by atoms with van der Waals surface area (Å²) < 4.78 is 26.4. The van der Waals surface area contributed by atoms with E-state index in [2.05, 4.69) is 4.98 Å². The maximum absolute atomic E-state index is 13.4. The lowest BCUT2D eigenvalue weighted by Crippen LogP contribution is -1.88. The van der Waals surface area contributed by atoms with Crippen LogP contribution in [0.25, 0.3) is 22.2 Å². The summed E-state index contributed by atoms with van der Waals surface area (Å²) in [5.74, 6) is -1.84. The maximum atomic E-state index is 13.4. The van der Waals surface area contributed by atoms with Gasteiger partial charge in [0.05, 0.1) is 5.69 Å². The van der Waals surface area contributed by atoms with Crippen LogP contribution < -0.4 is 0 Å². The lowest BCUT2D eigenvalue weighted by atomic mass is 10.1. The number of rotatable bonds is 2. The van der Waals surface area contributed by atoms with Crippen molar-refractivity contribution in [3.05, 3.63) is 59.2 Å². The summed E-state index contributed by atoms with van der Waals surface area (Å²) in [4.78, 5) is 14.5. The highest BCUT2D eigenvalue weighted by Crippen LogP contribution is 2.31. The second-order valence-electron chi connectivity index (χ2n) is 4.66. The first-order chi connectivity index (χ1) is 9.61. The number of carbonyl (C=O) groups is 1. The van der Waals surface area contributed by atoms with Gasteiger partial charge < -0.3 is 4.98 Å². The first kappa shape index (κ1) is 12.5. The number of aromatic nitrogens is 1. The summed E-state index contributed by atoms with van der Waals surface area (Å²) in [5, 5.41) is 0.778. The summed E-state index contributed by atoms with van der Waals surface area (Å²) in [6, 6.07) is 9.19. The molecule has 0 saturated heterocycles. The van der Waals surface area contributed by atoms with Gasteiger partial charge in [-0.2, -0.15) is 0 Å². The van der Waals surface area contributed by atoms with Crippen LogP contribution in [0.3, 0.4) is 0 Å². The van der Waals surface area contributed by atoms with Crippen LogP contribution in [0, 0.1) is 18.6 Å². The molecule has 4 heteroatoms. The molecule has 1 N–H and O–H groups in total. The highest BCUT2D eigenvalue weighted by molar-refractivity contribution is 6.05. The van der Waals surface area contributed by atoms with Crippen LogP contribution >= 0.6 is 0 Å². The van der Waals surface area contributed by atoms with Crippen LogP contribution in [0.4, 0.5) is 8.78 Å². The van der Waals surface area contributed by atoms with Crippen molar-refractivity contribution in [3.8, 4) is 11.3 Å². The molecule has 0 unspecified atom stereocenters. The first-order valence-corrected chi connectivity index (χ1v) is 6.13. The number of nitrogens with one attached hydrogen (secondary N) is 1. The minimum Gasteiger partial charge on any atom is -0.354 e. The number of benzene rings is 2. The van der Waals surface area contributed by atoms with E-state index >= 15 is 0 Å². The van der Waals surface area contributed by atoms with Crippen molar-refractivity contribution in [1.82, 2.24) is 4.98 Å². The molecule has 0 spiro atoms. The Morgan fingerprint density at radius 2 is 1.90 bits per heavy atom. The summed E-state index contributed by atoms with van der Waals surface area (Å²) in [6.07, 6.45) is 0.731.